The molecule has 0 bridgehead atoms. The highest BCUT2D eigenvalue weighted by molar-refractivity contribution is 7.89. The second-order valence-electron chi connectivity index (χ2n) is 6.46. The van der Waals surface area contributed by atoms with Gasteiger partial charge >= 0.3 is 0 Å². The molecule has 1 aromatic rings. The number of carbonyl (C=O) groups is 1. The van der Waals surface area contributed by atoms with Crippen molar-refractivity contribution in [2.45, 2.75) is 69.4 Å². The highest BCUT2D eigenvalue weighted by atomic mass is 32.2. The van der Waals surface area contributed by atoms with Crippen LogP contribution in [0.5, 0.6) is 5.75 Å². The van der Waals surface area contributed by atoms with Gasteiger partial charge in [0.25, 0.3) is 5.91 Å². The molecule has 0 aliphatic heterocycles. The molecule has 1 saturated carbocycles. The first kappa shape index (κ1) is 19.7. The molecular formula is C18H28N2O4S. The first-order valence-corrected chi connectivity index (χ1v) is 10.4. The van der Waals surface area contributed by atoms with Crippen LogP contribution in [-0.2, 0) is 10.0 Å². The summed E-state index contributed by atoms with van der Waals surface area (Å²) in [7, 11) is -2.31. The molecule has 0 atom stereocenters. The molecule has 2 rings (SSSR count). The van der Waals surface area contributed by atoms with Crippen molar-refractivity contribution in [2.75, 3.05) is 7.11 Å². The third kappa shape index (κ3) is 4.95. The SMILES string of the molecule is CCC(CC)NC(=O)c1ccc(OC)c(S(=O)(=O)NC2CCCC2)c1. The lowest BCUT2D eigenvalue weighted by Gasteiger charge is -2.17. The highest BCUT2D eigenvalue weighted by Crippen LogP contribution is 2.27. The first-order valence-electron chi connectivity index (χ1n) is 8.92. The summed E-state index contributed by atoms with van der Waals surface area (Å²) in [6.45, 7) is 4.01. The molecule has 1 amide bonds. The number of carbonyl (C=O) groups excluding carboxylic acids is 1. The van der Waals surface area contributed by atoms with Crippen molar-refractivity contribution in [3.05, 3.63) is 23.8 Å². The molecule has 1 aliphatic rings. The molecule has 140 valence electrons. The maximum absolute atomic E-state index is 12.8. The molecular weight excluding hydrogens is 340 g/mol. The summed E-state index contributed by atoms with van der Waals surface area (Å²) >= 11 is 0. The fourth-order valence-electron chi connectivity index (χ4n) is 3.12. The van der Waals surface area contributed by atoms with E-state index in [1.807, 2.05) is 13.8 Å². The molecule has 0 unspecified atom stereocenters. The second kappa shape index (κ2) is 8.67. The summed E-state index contributed by atoms with van der Waals surface area (Å²) in [5.74, 6) is -0.0294. The van der Waals surface area contributed by atoms with Gasteiger partial charge in [-0.15, -0.1) is 0 Å². The molecule has 0 saturated heterocycles. The summed E-state index contributed by atoms with van der Waals surface area (Å²) in [6, 6.07) is 4.55. The van der Waals surface area contributed by atoms with E-state index in [1.165, 1.54) is 19.2 Å². The van der Waals surface area contributed by atoms with Gasteiger partial charge in [-0.25, -0.2) is 13.1 Å². The van der Waals surface area contributed by atoms with Crippen LogP contribution in [0.3, 0.4) is 0 Å². The van der Waals surface area contributed by atoms with Gasteiger partial charge in [0, 0.05) is 17.6 Å². The smallest absolute Gasteiger partial charge is 0.251 e. The van der Waals surface area contributed by atoms with E-state index in [-0.39, 0.29) is 28.6 Å². The summed E-state index contributed by atoms with van der Waals surface area (Å²) < 4.78 is 33.4. The van der Waals surface area contributed by atoms with Gasteiger partial charge in [0.15, 0.2) is 0 Å². The average Bonchev–Trinajstić information content (AvgIpc) is 3.11. The lowest BCUT2D eigenvalue weighted by Crippen LogP contribution is -2.35. The van der Waals surface area contributed by atoms with E-state index in [0.29, 0.717) is 5.56 Å². The lowest BCUT2D eigenvalue weighted by molar-refractivity contribution is 0.0934. The zero-order valence-corrected chi connectivity index (χ0v) is 16.0. The number of rotatable bonds is 8. The Hall–Kier alpha value is -1.60. The summed E-state index contributed by atoms with van der Waals surface area (Å²) in [4.78, 5) is 12.4. The van der Waals surface area contributed by atoms with Crippen LogP contribution in [0.1, 0.15) is 62.7 Å². The van der Waals surface area contributed by atoms with E-state index < -0.39 is 10.0 Å². The van der Waals surface area contributed by atoms with E-state index in [2.05, 4.69) is 10.0 Å². The van der Waals surface area contributed by atoms with Crippen LogP contribution in [0.2, 0.25) is 0 Å². The Bertz CT molecular complexity index is 693. The van der Waals surface area contributed by atoms with Crippen LogP contribution in [0, 0.1) is 0 Å². The van der Waals surface area contributed by atoms with Crippen molar-refractivity contribution in [3.8, 4) is 5.75 Å². The van der Waals surface area contributed by atoms with E-state index in [0.717, 1.165) is 38.5 Å². The van der Waals surface area contributed by atoms with Gasteiger partial charge in [0.05, 0.1) is 7.11 Å². The number of nitrogens with one attached hydrogen (secondary N) is 2. The minimum absolute atomic E-state index is 0.0131. The van der Waals surface area contributed by atoms with Crippen molar-refractivity contribution >= 4 is 15.9 Å². The number of hydrogen-bond acceptors (Lipinski definition) is 4. The molecule has 1 aliphatic carbocycles. The normalized spacial score (nSPS) is 15.5. The second-order valence-corrected chi connectivity index (χ2v) is 8.14. The fourth-order valence-corrected chi connectivity index (χ4v) is 4.62. The monoisotopic (exact) mass is 368 g/mol. The van der Waals surface area contributed by atoms with Gasteiger partial charge in [0.1, 0.15) is 10.6 Å². The van der Waals surface area contributed by atoms with E-state index >= 15 is 0 Å². The number of hydrogen-bond donors (Lipinski definition) is 2. The molecule has 0 radical (unpaired) electrons. The number of benzene rings is 1. The Labute approximate surface area is 150 Å². The number of amides is 1. The molecule has 6 nitrogen and oxygen atoms in total. The van der Waals surface area contributed by atoms with Gasteiger partial charge in [-0.2, -0.15) is 0 Å². The molecule has 1 aromatic carbocycles. The summed E-state index contributed by atoms with van der Waals surface area (Å²) in [5, 5.41) is 2.93. The first-order chi connectivity index (χ1) is 11.9. The zero-order valence-electron chi connectivity index (χ0n) is 15.2. The molecule has 0 heterocycles. The topological polar surface area (TPSA) is 84.5 Å². The minimum Gasteiger partial charge on any atom is -0.495 e. The Morgan fingerprint density at radius 3 is 2.44 bits per heavy atom. The van der Waals surface area contributed by atoms with Crippen LogP contribution >= 0.6 is 0 Å². The standard InChI is InChI=1S/C18H28N2O4S/c1-4-14(5-2)19-18(21)13-10-11-16(24-3)17(12-13)25(22,23)20-15-8-6-7-9-15/h10-12,14-15,20H,4-9H2,1-3H3,(H,19,21). The van der Waals surface area contributed by atoms with Gasteiger partial charge in [-0.1, -0.05) is 26.7 Å². The third-order valence-electron chi connectivity index (χ3n) is 4.71. The predicted octanol–water partition coefficient (Wildman–Crippen LogP) is 2.83. The Kier molecular flexibility index (Phi) is 6.84. The van der Waals surface area contributed by atoms with Gasteiger partial charge in [0.2, 0.25) is 10.0 Å². The van der Waals surface area contributed by atoms with E-state index in [1.54, 1.807) is 6.07 Å². The quantitative estimate of drug-likeness (QED) is 0.739. The predicted molar refractivity (Wildman–Crippen MR) is 97.4 cm³/mol. The molecule has 25 heavy (non-hydrogen) atoms. The molecule has 7 heteroatoms. The highest BCUT2D eigenvalue weighted by Gasteiger charge is 2.26. The lowest BCUT2D eigenvalue weighted by atomic mass is 10.1. The minimum atomic E-state index is -3.74. The number of methoxy groups -OCH3 is 1. The number of sulfonamides is 1. The van der Waals surface area contributed by atoms with E-state index in [4.69, 9.17) is 4.74 Å². The summed E-state index contributed by atoms with van der Waals surface area (Å²) in [6.07, 6.45) is 5.40. The van der Waals surface area contributed by atoms with Crippen molar-refractivity contribution in [1.29, 1.82) is 0 Å². The average molecular weight is 368 g/mol. The molecule has 0 spiro atoms. The molecule has 0 aromatic heterocycles. The fraction of sp³-hybridized carbons (Fsp3) is 0.611. The van der Waals surface area contributed by atoms with E-state index in [9.17, 15) is 13.2 Å². The summed E-state index contributed by atoms with van der Waals surface area (Å²) in [5.41, 5.74) is 0.319. The molecule has 2 N–H and O–H groups in total. The van der Waals surface area contributed by atoms with Crippen molar-refractivity contribution in [1.82, 2.24) is 10.0 Å². The van der Waals surface area contributed by atoms with Crippen molar-refractivity contribution in [3.63, 3.8) is 0 Å². The van der Waals surface area contributed by atoms with Crippen LogP contribution in [0.25, 0.3) is 0 Å². The van der Waals surface area contributed by atoms with Gasteiger partial charge in [-0.05, 0) is 43.9 Å². The Balaban J connectivity index is 2.28. The Morgan fingerprint density at radius 2 is 1.88 bits per heavy atom. The molecule has 1 fully saturated rings. The van der Waals surface area contributed by atoms with Crippen molar-refractivity contribution in [2.24, 2.45) is 0 Å². The zero-order chi connectivity index (χ0) is 18.4. The van der Waals surface area contributed by atoms with Crippen LogP contribution < -0.4 is 14.8 Å². The largest absolute Gasteiger partial charge is 0.495 e. The number of ether oxygens (including phenoxy) is 1. The van der Waals surface area contributed by atoms with Crippen LogP contribution in [0.15, 0.2) is 23.1 Å². The van der Waals surface area contributed by atoms with Gasteiger partial charge in [-0.3, -0.25) is 4.79 Å². The third-order valence-corrected chi connectivity index (χ3v) is 6.25. The Morgan fingerprint density at radius 1 is 1.24 bits per heavy atom. The maximum atomic E-state index is 12.8. The van der Waals surface area contributed by atoms with Crippen molar-refractivity contribution < 1.29 is 17.9 Å². The van der Waals surface area contributed by atoms with Crippen LogP contribution in [-0.4, -0.2) is 33.5 Å². The van der Waals surface area contributed by atoms with Gasteiger partial charge < -0.3 is 10.1 Å². The maximum Gasteiger partial charge on any atom is 0.251 e. The van der Waals surface area contributed by atoms with Crippen LogP contribution in [0.4, 0.5) is 0 Å².